The predicted molar refractivity (Wildman–Crippen MR) is 169 cm³/mol. The lowest BCUT2D eigenvalue weighted by Gasteiger charge is -2.36. The molecule has 40 heavy (non-hydrogen) atoms. The Kier molecular flexibility index (Phi) is 6.19. The smallest absolute Gasteiger partial charge is 0.180 e. The van der Waals surface area contributed by atoms with Gasteiger partial charge in [0.2, 0.25) is 0 Å². The number of fused-ring (bicyclic) bond motifs is 3. The van der Waals surface area contributed by atoms with E-state index < -0.39 is 8.07 Å². The Bertz CT molecular complexity index is 1670. The molecular formula is C37H30N2Si. The topological polar surface area (TPSA) is 27.0 Å². The highest BCUT2D eigenvalue weighted by Crippen LogP contribution is 2.45. The van der Waals surface area contributed by atoms with Crippen molar-refractivity contribution in [2.75, 3.05) is 4.90 Å². The molecular weight excluding hydrogens is 501 g/mol. The van der Waals surface area contributed by atoms with Crippen molar-refractivity contribution in [2.45, 2.75) is 24.4 Å². The van der Waals surface area contributed by atoms with E-state index in [9.17, 15) is 5.26 Å². The zero-order valence-electron chi connectivity index (χ0n) is 22.3. The quantitative estimate of drug-likeness (QED) is 0.261. The second-order valence-electron chi connectivity index (χ2n) is 10.7. The number of nitrogens with zero attached hydrogens (tertiary/aromatic N) is 2. The van der Waals surface area contributed by atoms with Gasteiger partial charge in [0.15, 0.2) is 8.07 Å². The van der Waals surface area contributed by atoms with E-state index >= 15 is 0 Å². The summed E-state index contributed by atoms with van der Waals surface area (Å²) in [4.78, 5) is 2.61. The molecule has 0 radical (unpaired) electrons. The molecule has 192 valence electrons. The monoisotopic (exact) mass is 530 g/mol. The minimum Gasteiger partial charge on any atom is -0.357 e. The maximum Gasteiger partial charge on any atom is 0.180 e. The van der Waals surface area contributed by atoms with Crippen LogP contribution in [-0.2, 0) is 0 Å². The summed E-state index contributed by atoms with van der Waals surface area (Å²) in [6.45, 7) is 0. The number of anilines is 1. The summed E-state index contributed by atoms with van der Waals surface area (Å²) in [5.41, 5.74) is 3.45. The number of benzene rings is 4. The summed E-state index contributed by atoms with van der Waals surface area (Å²) in [5, 5.41) is 15.4. The molecule has 0 aromatic heterocycles. The highest BCUT2D eigenvalue weighted by atomic mass is 28.3. The molecule has 2 unspecified atom stereocenters. The summed E-state index contributed by atoms with van der Waals surface area (Å²) in [7, 11) is -2.83. The Hall–Kier alpha value is -4.65. The maximum absolute atomic E-state index is 10.3. The molecule has 2 nitrogen and oxygen atoms in total. The number of hydrogen-bond acceptors (Lipinski definition) is 2. The Morgan fingerprint density at radius 1 is 0.675 bits per heavy atom. The van der Waals surface area contributed by atoms with Crippen LogP contribution in [-0.4, -0.2) is 20.2 Å². The zero-order chi connectivity index (χ0) is 26.9. The van der Waals surface area contributed by atoms with Crippen LogP contribution in [0.4, 0.5) is 5.69 Å². The lowest BCUT2D eigenvalue weighted by Crippen LogP contribution is -2.75. The van der Waals surface area contributed by atoms with Gasteiger partial charge in [0.1, 0.15) is 0 Å². The van der Waals surface area contributed by atoms with Crippen molar-refractivity contribution in [2.24, 2.45) is 0 Å². The van der Waals surface area contributed by atoms with E-state index in [0.717, 1.165) is 17.2 Å². The van der Waals surface area contributed by atoms with E-state index in [4.69, 9.17) is 0 Å². The van der Waals surface area contributed by atoms with Crippen LogP contribution in [0, 0.1) is 11.3 Å². The van der Waals surface area contributed by atoms with Gasteiger partial charge in [0.05, 0.1) is 23.7 Å². The van der Waals surface area contributed by atoms with Gasteiger partial charge in [-0.05, 0) is 44.9 Å². The molecule has 7 rings (SSSR count). The summed E-state index contributed by atoms with van der Waals surface area (Å²) >= 11 is 0. The van der Waals surface area contributed by atoms with Crippen LogP contribution in [0.25, 0.3) is 0 Å². The third-order valence-electron chi connectivity index (χ3n) is 8.71. The first-order valence-corrected chi connectivity index (χ1v) is 16.0. The molecule has 0 N–H and O–H groups in total. The van der Waals surface area contributed by atoms with Crippen molar-refractivity contribution in [3.8, 4) is 6.07 Å². The van der Waals surface area contributed by atoms with Crippen LogP contribution >= 0.6 is 0 Å². The molecule has 4 aromatic rings. The first-order chi connectivity index (χ1) is 19.8. The molecule has 1 heterocycles. The van der Waals surface area contributed by atoms with Gasteiger partial charge >= 0.3 is 0 Å². The highest BCUT2D eigenvalue weighted by Gasteiger charge is 2.45. The fraction of sp³-hybridized carbons (Fsp3) is 0.108. The molecule has 0 saturated carbocycles. The number of nitriles is 1. The molecule has 2 aliphatic carbocycles. The first kappa shape index (κ1) is 24.4. The predicted octanol–water partition coefficient (Wildman–Crippen LogP) is 5.22. The van der Waals surface area contributed by atoms with Crippen LogP contribution in [0.15, 0.2) is 152 Å². The third-order valence-corrected chi connectivity index (χ3v) is 13.5. The van der Waals surface area contributed by atoms with Crippen molar-refractivity contribution >= 4 is 34.5 Å². The molecule has 0 spiro atoms. The van der Waals surface area contributed by atoms with Gasteiger partial charge in [-0.1, -0.05) is 140 Å². The molecule has 4 aromatic carbocycles. The summed E-state index contributed by atoms with van der Waals surface area (Å²) in [5.74, 6) is 0.295. The minimum absolute atomic E-state index is 0.295. The normalized spacial score (nSPS) is 20.7. The van der Waals surface area contributed by atoms with Crippen LogP contribution in [0.5, 0.6) is 0 Å². The van der Waals surface area contributed by atoms with E-state index in [1.165, 1.54) is 26.8 Å². The number of hydrogen-bond donors (Lipinski definition) is 0. The van der Waals surface area contributed by atoms with Gasteiger partial charge in [-0.15, -0.1) is 0 Å². The summed E-state index contributed by atoms with van der Waals surface area (Å²) in [6.07, 6.45) is 19.1. The van der Waals surface area contributed by atoms with E-state index in [-0.39, 0.29) is 0 Å². The lowest BCUT2D eigenvalue weighted by molar-refractivity contribution is 0.614. The number of rotatable bonds is 5. The van der Waals surface area contributed by atoms with Gasteiger partial charge in [-0.25, -0.2) is 0 Å². The standard InChI is InChI=1S/C37H30N2Si/c38-27-28-14-10-13-23-37(28)40(30-17-6-2-7-18-30,31-19-8-3-9-20-31)32-24-25-36-34(26-32)33-21-11-12-22-35(33)39(36)29-15-4-1-5-16-29/h1-15,17-26,29,33,35H,16H2/t29?,33-,35?/m0/s1. The van der Waals surface area contributed by atoms with Gasteiger partial charge in [0, 0.05) is 11.6 Å². The van der Waals surface area contributed by atoms with Crippen molar-refractivity contribution in [3.63, 3.8) is 0 Å². The average Bonchev–Trinajstić information content (AvgIpc) is 3.37. The summed E-state index contributed by atoms with van der Waals surface area (Å²) < 4.78 is 0. The average molecular weight is 531 g/mol. The van der Waals surface area contributed by atoms with E-state index in [1.54, 1.807) is 0 Å². The molecule has 3 atom stereocenters. The second kappa shape index (κ2) is 10.1. The fourth-order valence-electron chi connectivity index (χ4n) is 7.02. The van der Waals surface area contributed by atoms with Crippen LogP contribution in [0.2, 0.25) is 0 Å². The molecule has 1 aliphatic heterocycles. The Morgan fingerprint density at radius 3 is 2.05 bits per heavy atom. The van der Waals surface area contributed by atoms with Gasteiger partial charge in [0.25, 0.3) is 0 Å². The summed E-state index contributed by atoms with van der Waals surface area (Å²) in [6, 6.07) is 40.4. The van der Waals surface area contributed by atoms with E-state index in [1.807, 2.05) is 12.1 Å². The third kappa shape index (κ3) is 3.76. The molecule has 3 aliphatic rings. The lowest BCUT2D eigenvalue weighted by atomic mass is 9.91. The van der Waals surface area contributed by atoms with E-state index in [0.29, 0.717) is 18.0 Å². The Balaban J connectivity index is 1.52. The van der Waals surface area contributed by atoms with Crippen LogP contribution in [0.3, 0.4) is 0 Å². The van der Waals surface area contributed by atoms with Crippen molar-refractivity contribution in [1.29, 1.82) is 5.26 Å². The number of allylic oxidation sites excluding steroid dienone is 4. The molecule has 0 saturated heterocycles. The maximum atomic E-state index is 10.3. The van der Waals surface area contributed by atoms with Gasteiger partial charge in [-0.3, -0.25) is 0 Å². The van der Waals surface area contributed by atoms with Crippen molar-refractivity contribution in [3.05, 3.63) is 163 Å². The van der Waals surface area contributed by atoms with Gasteiger partial charge < -0.3 is 4.90 Å². The van der Waals surface area contributed by atoms with Crippen LogP contribution < -0.4 is 25.6 Å². The van der Waals surface area contributed by atoms with E-state index in [2.05, 4.69) is 151 Å². The van der Waals surface area contributed by atoms with Crippen molar-refractivity contribution in [1.82, 2.24) is 0 Å². The minimum atomic E-state index is -2.83. The molecule has 0 bridgehead atoms. The Morgan fingerprint density at radius 2 is 1.35 bits per heavy atom. The fourth-order valence-corrected chi connectivity index (χ4v) is 11.9. The SMILES string of the molecule is N#Cc1ccccc1[Si](c1ccccc1)(c1ccccc1)c1ccc2c(c1)[C@@H]1C=CC=CC1N2C1C=CC=CC1. The van der Waals surface area contributed by atoms with Crippen LogP contribution in [0.1, 0.15) is 23.5 Å². The molecule has 3 heteroatoms. The van der Waals surface area contributed by atoms with Gasteiger partial charge in [-0.2, -0.15) is 5.26 Å². The molecule has 0 amide bonds. The zero-order valence-corrected chi connectivity index (χ0v) is 23.3. The highest BCUT2D eigenvalue weighted by molar-refractivity contribution is 7.20. The first-order valence-electron chi connectivity index (χ1n) is 14.0. The second-order valence-corrected chi connectivity index (χ2v) is 14.5. The largest absolute Gasteiger partial charge is 0.357 e. The Labute approximate surface area is 237 Å². The molecule has 0 fully saturated rings. The van der Waals surface area contributed by atoms with Crippen molar-refractivity contribution < 1.29 is 0 Å².